The predicted octanol–water partition coefficient (Wildman–Crippen LogP) is 0.143. The maximum atomic E-state index is 11.9. The van der Waals surface area contributed by atoms with Crippen LogP contribution in [0, 0.1) is 6.92 Å². The zero-order valence-corrected chi connectivity index (χ0v) is 9.82. The number of carbonyl (C=O) groups excluding carboxylic acids is 1. The lowest BCUT2D eigenvalue weighted by molar-refractivity contribution is 0.0764. The van der Waals surface area contributed by atoms with E-state index in [9.17, 15) is 4.79 Å². The third kappa shape index (κ3) is 2.73. The van der Waals surface area contributed by atoms with Crippen molar-refractivity contribution in [2.75, 3.05) is 19.3 Å². The number of hydrogen-bond acceptors (Lipinski definition) is 4. The molecule has 0 aliphatic heterocycles. The number of aromatic amines is 1. The largest absolute Gasteiger partial charge is 0.395 e. The summed E-state index contributed by atoms with van der Waals surface area (Å²) in [7, 11) is 1.66. The fourth-order valence-electron chi connectivity index (χ4n) is 1.26. The van der Waals surface area contributed by atoms with Crippen molar-refractivity contribution in [2.45, 2.75) is 26.4 Å². The number of anilines is 1. The molecule has 0 bridgehead atoms. The molecule has 0 radical (unpaired) electrons. The van der Waals surface area contributed by atoms with E-state index in [1.165, 1.54) is 4.90 Å². The fourth-order valence-corrected chi connectivity index (χ4v) is 1.26. The Morgan fingerprint density at radius 2 is 2.31 bits per heavy atom. The van der Waals surface area contributed by atoms with Crippen molar-refractivity contribution in [1.82, 2.24) is 15.1 Å². The van der Waals surface area contributed by atoms with Crippen LogP contribution in [0.3, 0.4) is 0 Å². The minimum Gasteiger partial charge on any atom is -0.395 e. The molecule has 1 rings (SSSR count). The monoisotopic (exact) mass is 226 g/mol. The van der Waals surface area contributed by atoms with Gasteiger partial charge in [0.25, 0.3) is 5.91 Å². The van der Waals surface area contributed by atoms with Gasteiger partial charge in [-0.2, -0.15) is 5.10 Å². The molecule has 1 atom stereocenters. The highest BCUT2D eigenvalue weighted by Crippen LogP contribution is 2.14. The number of H-pyrrole nitrogens is 1. The molecule has 0 aliphatic rings. The van der Waals surface area contributed by atoms with Gasteiger partial charge >= 0.3 is 0 Å². The first-order valence-corrected chi connectivity index (χ1v) is 5.17. The number of aliphatic hydroxyl groups is 1. The summed E-state index contributed by atoms with van der Waals surface area (Å²) in [5, 5.41) is 15.7. The van der Waals surface area contributed by atoms with Crippen LogP contribution < -0.4 is 5.73 Å². The van der Waals surface area contributed by atoms with Crippen LogP contribution >= 0.6 is 0 Å². The summed E-state index contributed by atoms with van der Waals surface area (Å²) in [5.41, 5.74) is 7.02. The van der Waals surface area contributed by atoms with Crippen LogP contribution in [-0.4, -0.2) is 45.8 Å². The minimum absolute atomic E-state index is 0.234. The molecular formula is C10H18N4O2. The first-order valence-electron chi connectivity index (χ1n) is 5.17. The van der Waals surface area contributed by atoms with E-state index in [-0.39, 0.29) is 11.6 Å². The Bertz CT molecular complexity index is 373. The topological polar surface area (TPSA) is 95.2 Å². The van der Waals surface area contributed by atoms with Crippen molar-refractivity contribution in [1.29, 1.82) is 0 Å². The highest BCUT2D eigenvalue weighted by molar-refractivity contribution is 5.97. The number of carbonyl (C=O) groups is 1. The van der Waals surface area contributed by atoms with Crippen LogP contribution in [0.5, 0.6) is 0 Å². The summed E-state index contributed by atoms with van der Waals surface area (Å²) in [4.78, 5) is 13.4. The predicted molar refractivity (Wildman–Crippen MR) is 61.0 cm³/mol. The summed E-state index contributed by atoms with van der Waals surface area (Å²) in [5.74, 6) is -0.234. The normalized spacial score (nSPS) is 12.5. The number of hydrogen-bond donors (Lipinski definition) is 3. The molecule has 6 heteroatoms. The second kappa shape index (κ2) is 4.98. The van der Waals surface area contributed by atoms with Crippen LogP contribution in [-0.2, 0) is 0 Å². The number of aliphatic hydroxyl groups excluding tert-OH is 1. The van der Waals surface area contributed by atoms with Gasteiger partial charge in [0, 0.05) is 13.6 Å². The van der Waals surface area contributed by atoms with Crippen molar-refractivity contribution in [3.8, 4) is 0 Å². The molecule has 0 saturated heterocycles. The zero-order chi connectivity index (χ0) is 12.3. The van der Waals surface area contributed by atoms with Gasteiger partial charge in [-0.3, -0.25) is 9.89 Å². The molecule has 0 spiro atoms. The van der Waals surface area contributed by atoms with Crippen molar-refractivity contribution >= 4 is 11.6 Å². The lowest BCUT2D eigenvalue weighted by atomic mass is 10.2. The molecule has 0 aliphatic carbocycles. The molecule has 90 valence electrons. The third-order valence-corrected chi connectivity index (χ3v) is 2.43. The van der Waals surface area contributed by atoms with E-state index < -0.39 is 6.10 Å². The van der Waals surface area contributed by atoms with Crippen molar-refractivity contribution in [3.63, 3.8) is 0 Å². The standard InChI is InChI=1S/C10H18N4O2/c1-6(15)4-5-14(3)10(16)9-8(11)7(2)12-13-9/h6,15H,4-5,11H2,1-3H3,(H,12,13). The second-order valence-electron chi connectivity index (χ2n) is 3.98. The van der Waals surface area contributed by atoms with Crippen LogP contribution in [0.2, 0.25) is 0 Å². The van der Waals surface area contributed by atoms with Gasteiger partial charge in [-0.25, -0.2) is 0 Å². The summed E-state index contributed by atoms with van der Waals surface area (Å²) in [6.45, 7) is 3.92. The second-order valence-corrected chi connectivity index (χ2v) is 3.98. The molecule has 0 saturated carbocycles. The molecule has 4 N–H and O–H groups in total. The van der Waals surface area contributed by atoms with Crippen LogP contribution in [0.15, 0.2) is 0 Å². The third-order valence-electron chi connectivity index (χ3n) is 2.43. The Morgan fingerprint density at radius 1 is 1.69 bits per heavy atom. The lowest BCUT2D eigenvalue weighted by Gasteiger charge is -2.16. The van der Waals surface area contributed by atoms with Gasteiger partial charge in [-0.05, 0) is 20.3 Å². The molecule has 0 fully saturated rings. The van der Waals surface area contributed by atoms with Gasteiger partial charge in [0.1, 0.15) is 0 Å². The van der Waals surface area contributed by atoms with Crippen molar-refractivity contribution in [2.24, 2.45) is 0 Å². The number of nitrogens with one attached hydrogen (secondary N) is 1. The van der Waals surface area contributed by atoms with E-state index in [4.69, 9.17) is 10.8 Å². The van der Waals surface area contributed by atoms with Gasteiger partial charge in [0.15, 0.2) is 5.69 Å². The molecule has 1 amide bonds. The van der Waals surface area contributed by atoms with E-state index in [0.29, 0.717) is 24.3 Å². The average molecular weight is 226 g/mol. The SMILES string of the molecule is Cc1[nH]nc(C(=O)N(C)CCC(C)O)c1N. The summed E-state index contributed by atoms with van der Waals surface area (Å²) in [6.07, 6.45) is 0.111. The highest BCUT2D eigenvalue weighted by Gasteiger charge is 2.19. The number of rotatable bonds is 4. The van der Waals surface area contributed by atoms with E-state index in [0.717, 1.165) is 0 Å². The van der Waals surface area contributed by atoms with Gasteiger partial charge in [0.2, 0.25) is 0 Å². The van der Waals surface area contributed by atoms with Crippen molar-refractivity contribution in [3.05, 3.63) is 11.4 Å². The summed E-state index contributed by atoms with van der Waals surface area (Å²) >= 11 is 0. The Hall–Kier alpha value is -1.56. The highest BCUT2D eigenvalue weighted by atomic mass is 16.3. The maximum Gasteiger partial charge on any atom is 0.276 e. The average Bonchev–Trinajstić information content (AvgIpc) is 2.55. The fraction of sp³-hybridized carbons (Fsp3) is 0.600. The molecule has 16 heavy (non-hydrogen) atoms. The van der Waals surface area contributed by atoms with Crippen LogP contribution in [0.4, 0.5) is 5.69 Å². The van der Waals surface area contributed by atoms with Gasteiger partial charge < -0.3 is 15.7 Å². The maximum absolute atomic E-state index is 11.9. The Kier molecular flexibility index (Phi) is 3.89. The number of aryl methyl sites for hydroxylation is 1. The Balaban J connectivity index is 2.67. The summed E-state index contributed by atoms with van der Waals surface area (Å²) in [6, 6.07) is 0. The van der Waals surface area contributed by atoms with Crippen LogP contribution in [0.25, 0.3) is 0 Å². The first kappa shape index (κ1) is 12.5. The smallest absolute Gasteiger partial charge is 0.276 e. The first-order chi connectivity index (χ1) is 7.43. The van der Waals surface area contributed by atoms with E-state index in [2.05, 4.69) is 10.2 Å². The van der Waals surface area contributed by atoms with E-state index in [1.807, 2.05) is 0 Å². The molecule has 1 heterocycles. The number of aromatic nitrogens is 2. The molecule has 1 aromatic rings. The molecular weight excluding hydrogens is 208 g/mol. The molecule has 6 nitrogen and oxygen atoms in total. The number of amides is 1. The lowest BCUT2D eigenvalue weighted by Crippen LogP contribution is -2.30. The van der Waals surface area contributed by atoms with Gasteiger partial charge in [-0.1, -0.05) is 0 Å². The summed E-state index contributed by atoms with van der Waals surface area (Å²) < 4.78 is 0. The number of nitrogen functional groups attached to an aromatic ring is 1. The van der Waals surface area contributed by atoms with Crippen LogP contribution in [0.1, 0.15) is 29.5 Å². The van der Waals surface area contributed by atoms with Gasteiger partial charge in [-0.15, -0.1) is 0 Å². The van der Waals surface area contributed by atoms with Crippen molar-refractivity contribution < 1.29 is 9.90 Å². The van der Waals surface area contributed by atoms with E-state index in [1.54, 1.807) is 20.9 Å². The quantitative estimate of drug-likeness (QED) is 0.680. The number of nitrogens with zero attached hydrogens (tertiary/aromatic N) is 2. The zero-order valence-electron chi connectivity index (χ0n) is 9.82. The Morgan fingerprint density at radius 3 is 2.75 bits per heavy atom. The molecule has 0 aromatic carbocycles. The minimum atomic E-state index is -0.423. The van der Waals surface area contributed by atoms with Gasteiger partial charge in [0.05, 0.1) is 17.5 Å². The Labute approximate surface area is 94.4 Å². The number of nitrogens with two attached hydrogens (primary N) is 1. The molecule has 1 unspecified atom stereocenters. The van der Waals surface area contributed by atoms with E-state index >= 15 is 0 Å². The molecule has 1 aromatic heterocycles.